The lowest BCUT2D eigenvalue weighted by atomic mass is 10.1. The maximum absolute atomic E-state index is 13.1. The number of aromatic nitrogens is 6. The van der Waals surface area contributed by atoms with Crippen molar-refractivity contribution in [2.24, 2.45) is 0 Å². The molecule has 1 unspecified atom stereocenters. The highest BCUT2D eigenvalue weighted by Gasteiger charge is 2.20. The fourth-order valence-corrected chi connectivity index (χ4v) is 4.55. The van der Waals surface area contributed by atoms with E-state index in [2.05, 4.69) is 46.2 Å². The van der Waals surface area contributed by atoms with Gasteiger partial charge >= 0.3 is 6.09 Å². The Balaban J connectivity index is 1.42. The molecule has 14 nitrogen and oxygen atoms in total. The lowest BCUT2D eigenvalue weighted by molar-refractivity contribution is -0.118. The molecule has 0 saturated carbocycles. The molecule has 2 aromatic carbocycles. The number of nitrogens with zero attached hydrogens (tertiary/aromatic N) is 5. The summed E-state index contributed by atoms with van der Waals surface area (Å²) in [4.78, 5) is 45.2. The van der Waals surface area contributed by atoms with E-state index in [4.69, 9.17) is 11.6 Å². The van der Waals surface area contributed by atoms with Gasteiger partial charge < -0.3 is 25.5 Å². The topological polar surface area (TPSA) is 189 Å². The lowest BCUT2D eigenvalue weighted by Crippen LogP contribution is -2.27. The summed E-state index contributed by atoms with van der Waals surface area (Å²) in [6, 6.07) is 9.39. The van der Waals surface area contributed by atoms with Crippen LogP contribution in [0.5, 0.6) is 0 Å². The lowest BCUT2D eigenvalue weighted by Gasteiger charge is -2.14. The fourth-order valence-electron chi connectivity index (χ4n) is 4.37. The van der Waals surface area contributed by atoms with Gasteiger partial charge in [-0.25, -0.2) is 9.78 Å². The van der Waals surface area contributed by atoms with Crippen molar-refractivity contribution in [3.63, 3.8) is 0 Å². The van der Waals surface area contributed by atoms with E-state index in [1.165, 1.54) is 30.3 Å². The van der Waals surface area contributed by atoms with Gasteiger partial charge in [0.15, 0.2) is 0 Å². The molecular formula is C28H26ClN9O5. The molecule has 2 atom stereocenters. The number of hydrogen-bond donors (Lipinski definition) is 5. The van der Waals surface area contributed by atoms with E-state index in [1.54, 1.807) is 54.7 Å². The summed E-state index contributed by atoms with van der Waals surface area (Å²) in [7, 11) is 1.24. The predicted octanol–water partition coefficient (Wildman–Crippen LogP) is 3.40. The van der Waals surface area contributed by atoms with Gasteiger partial charge in [-0.05, 0) is 59.3 Å². The number of nitrogens with one attached hydrogen (secondary N) is 4. The van der Waals surface area contributed by atoms with Crippen LogP contribution in [0.1, 0.15) is 30.3 Å². The number of imidazole rings is 1. The first-order valence-electron chi connectivity index (χ1n) is 13.0. The summed E-state index contributed by atoms with van der Waals surface area (Å²) in [6.07, 6.45) is 7.44. The molecule has 3 heterocycles. The second-order valence-corrected chi connectivity index (χ2v) is 9.83. The number of halogens is 1. The van der Waals surface area contributed by atoms with Crippen LogP contribution in [0.3, 0.4) is 0 Å². The minimum Gasteiger partial charge on any atom is -0.453 e. The van der Waals surface area contributed by atoms with Crippen molar-refractivity contribution in [3.8, 4) is 16.9 Å². The van der Waals surface area contributed by atoms with Crippen LogP contribution < -0.4 is 16.0 Å². The number of carbonyl (C=O) groups is 3. The maximum Gasteiger partial charge on any atom is 0.411 e. The van der Waals surface area contributed by atoms with Crippen molar-refractivity contribution < 1.29 is 24.2 Å². The van der Waals surface area contributed by atoms with Gasteiger partial charge in [0, 0.05) is 27.9 Å². The van der Waals surface area contributed by atoms with Gasteiger partial charge in [-0.15, -0.1) is 5.10 Å². The number of aliphatic hydroxyl groups is 1. The minimum atomic E-state index is -1.07. The Bertz CT molecular complexity index is 1700. The number of fused-ring (bicyclic) bond motifs is 4. The van der Waals surface area contributed by atoms with E-state index in [0.717, 1.165) is 0 Å². The second-order valence-electron chi connectivity index (χ2n) is 9.39. The SMILES string of the molecule is COC(=O)Nc1ccc2c(c1)NC(=O)C[C@H](O)/C=C\CC(NC(=O)/C=C/c1cc(Cl)ccc1-n1cnnn1)c1ncc-2[nH]1. The maximum atomic E-state index is 13.1. The number of H-pyrrole nitrogens is 1. The minimum absolute atomic E-state index is 0.207. The number of aliphatic hydroxyl groups excluding tert-OH is 1. The number of ether oxygens (including phenoxy) is 1. The number of aromatic amines is 1. The molecular weight excluding hydrogens is 578 g/mol. The molecule has 43 heavy (non-hydrogen) atoms. The number of carbonyl (C=O) groups excluding carboxylic acids is 3. The average Bonchev–Trinajstić information content (AvgIpc) is 3.68. The Kier molecular flexibility index (Phi) is 8.88. The molecule has 5 rings (SSSR count). The van der Waals surface area contributed by atoms with Crippen molar-refractivity contribution in [1.82, 2.24) is 35.5 Å². The van der Waals surface area contributed by atoms with Crippen LogP contribution in [0.25, 0.3) is 23.0 Å². The third kappa shape index (κ3) is 7.30. The highest BCUT2D eigenvalue weighted by Crippen LogP contribution is 2.31. The highest BCUT2D eigenvalue weighted by atomic mass is 35.5. The van der Waals surface area contributed by atoms with Crippen LogP contribution in [-0.4, -0.2) is 66.4 Å². The molecule has 2 aromatic heterocycles. The van der Waals surface area contributed by atoms with Crippen LogP contribution in [0, 0.1) is 0 Å². The largest absolute Gasteiger partial charge is 0.453 e. The van der Waals surface area contributed by atoms with Gasteiger partial charge in [-0.1, -0.05) is 23.8 Å². The molecule has 0 spiro atoms. The Labute approximate surface area is 249 Å². The molecule has 2 bridgehead atoms. The third-order valence-corrected chi connectivity index (χ3v) is 6.62. The number of methoxy groups -OCH3 is 1. The first kappa shape index (κ1) is 29.2. The number of benzene rings is 2. The Morgan fingerprint density at radius 2 is 2.09 bits per heavy atom. The molecule has 220 valence electrons. The molecule has 4 aromatic rings. The highest BCUT2D eigenvalue weighted by molar-refractivity contribution is 6.30. The summed E-state index contributed by atoms with van der Waals surface area (Å²) >= 11 is 6.18. The van der Waals surface area contributed by atoms with Gasteiger partial charge in [0.1, 0.15) is 12.2 Å². The first-order valence-corrected chi connectivity index (χ1v) is 13.4. The fraction of sp³-hybridized carbons (Fsp3) is 0.179. The van der Waals surface area contributed by atoms with Crippen molar-refractivity contribution in [1.29, 1.82) is 0 Å². The van der Waals surface area contributed by atoms with Gasteiger partial charge in [-0.2, -0.15) is 4.68 Å². The van der Waals surface area contributed by atoms with Crippen molar-refractivity contribution >= 4 is 47.0 Å². The molecule has 3 amide bonds. The molecule has 15 heteroatoms. The van der Waals surface area contributed by atoms with Gasteiger partial charge in [-0.3, -0.25) is 14.9 Å². The molecule has 0 radical (unpaired) electrons. The molecule has 0 fully saturated rings. The monoisotopic (exact) mass is 603 g/mol. The van der Waals surface area contributed by atoms with E-state index >= 15 is 0 Å². The summed E-state index contributed by atoms with van der Waals surface area (Å²) < 4.78 is 6.10. The molecule has 1 aliphatic heterocycles. The van der Waals surface area contributed by atoms with Crippen LogP contribution in [-0.2, 0) is 14.3 Å². The van der Waals surface area contributed by atoms with E-state index in [1.807, 2.05) is 0 Å². The normalized spacial score (nSPS) is 17.5. The summed E-state index contributed by atoms with van der Waals surface area (Å²) in [5, 5.41) is 30.4. The first-order chi connectivity index (χ1) is 20.8. The zero-order valence-electron chi connectivity index (χ0n) is 22.7. The van der Waals surface area contributed by atoms with Gasteiger partial charge in [0.2, 0.25) is 11.8 Å². The Hall–Kier alpha value is -5.34. The van der Waals surface area contributed by atoms with Crippen molar-refractivity contribution in [2.45, 2.75) is 25.0 Å². The van der Waals surface area contributed by atoms with E-state index in [-0.39, 0.29) is 12.8 Å². The molecule has 1 aliphatic rings. The quantitative estimate of drug-likeness (QED) is 0.168. The van der Waals surface area contributed by atoms with E-state index < -0.39 is 30.1 Å². The number of anilines is 2. The van der Waals surface area contributed by atoms with Crippen molar-refractivity contribution in [2.75, 3.05) is 17.7 Å². The zero-order chi connectivity index (χ0) is 30.3. The number of amides is 3. The summed E-state index contributed by atoms with van der Waals surface area (Å²) in [6.45, 7) is 0. The van der Waals surface area contributed by atoms with Crippen LogP contribution in [0.4, 0.5) is 16.2 Å². The second kappa shape index (κ2) is 13.1. The van der Waals surface area contributed by atoms with Gasteiger partial charge in [0.05, 0.1) is 48.9 Å². The smallest absolute Gasteiger partial charge is 0.411 e. The number of hydrogen-bond acceptors (Lipinski definition) is 9. The van der Waals surface area contributed by atoms with E-state index in [9.17, 15) is 19.5 Å². The standard InChI is InChI=1S/C28H26ClN9O5/c1-43-28(42)32-18-7-8-20-22(12-18)34-26(41)13-19(39)3-2-4-21(27-30-14-23(20)35-27)33-25(40)10-5-16-11-17(29)6-9-24(16)38-15-31-36-37-38/h2-3,5-12,14-15,19,21,39H,4,13H2,1H3,(H,30,35)(H,32,42)(H,33,40)(H,34,41)/b3-2-,10-5+/t19-,21?/m1/s1. The Morgan fingerprint density at radius 3 is 2.88 bits per heavy atom. The summed E-state index contributed by atoms with van der Waals surface area (Å²) in [5.74, 6) is -0.411. The average molecular weight is 604 g/mol. The molecule has 5 N–H and O–H groups in total. The van der Waals surface area contributed by atoms with Gasteiger partial charge in [0.25, 0.3) is 0 Å². The Morgan fingerprint density at radius 1 is 1.23 bits per heavy atom. The van der Waals surface area contributed by atoms with Crippen LogP contribution in [0.15, 0.2) is 67.2 Å². The summed E-state index contributed by atoms with van der Waals surface area (Å²) in [5.41, 5.74) is 3.12. The zero-order valence-corrected chi connectivity index (χ0v) is 23.4. The van der Waals surface area contributed by atoms with Crippen LogP contribution >= 0.6 is 11.6 Å². The van der Waals surface area contributed by atoms with E-state index in [0.29, 0.717) is 44.7 Å². The van der Waals surface area contributed by atoms with Crippen LogP contribution in [0.2, 0.25) is 5.02 Å². The van der Waals surface area contributed by atoms with Crippen molar-refractivity contribution in [3.05, 3.63) is 83.6 Å². The predicted molar refractivity (Wildman–Crippen MR) is 157 cm³/mol. The number of tetrazole rings is 1. The molecule has 0 saturated heterocycles. The molecule has 0 aliphatic carbocycles. The third-order valence-electron chi connectivity index (χ3n) is 6.38. The number of rotatable bonds is 5.